The van der Waals surface area contributed by atoms with Crippen molar-refractivity contribution in [3.8, 4) is 0 Å². The highest BCUT2D eigenvalue weighted by atomic mass is 79.9. The second-order valence-corrected chi connectivity index (χ2v) is 4.76. The average Bonchev–Trinajstić information content (AvgIpc) is 2.26. The van der Waals surface area contributed by atoms with Gasteiger partial charge in [0.1, 0.15) is 6.04 Å². The molecule has 4 heteroatoms. The van der Waals surface area contributed by atoms with E-state index in [1.807, 2.05) is 6.07 Å². The van der Waals surface area contributed by atoms with Crippen molar-refractivity contribution in [3.63, 3.8) is 0 Å². The molecule has 3 N–H and O–H groups in total. The van der Waals surface area contributed by atoms with Gasteiger partial charge in [-0.2, -0.15) is 0 Å². The van der Waals surface area contributed by atoms with Crippen molar-refractivity contribution in [2.24, 2.45) is 5.73 Å². The molecule has 2 atom stereocenters. The second kappa shape index (κ2) is 5.46. The lowest BCUT2D eigenvalue weighted by Gasteiger charge is -2.14. The van der Waals surface area contributed by atoms with Crippen molar-refractivity contribution in [3.05, 3.63) is 33.8 Å². The monoisotopic (exact) mass is 285 g/mol. The van der Waals surface area contributed by atoms with Crippen LogP contribution in [0.3, 0.4) is 0 Å². The molecule has 0 saturated carbocycles. The number of hydrogen-bond donors (Lipinski definition) is 2. The number of nitrogens with two attached hydrogens (primary N) is 1. The Kier molecular flexibility index (Phi) is 4.50. The van der Waals surface area contributed by atoms with E-state index in [9.17, 15) is 4.79 Å². The summed E-state index contributed by atoms with van der Waals surface area (Å²) in [6, 6.07) is 4.56. The summed E-state index contributed by atoms with van der Waals surface area (Å²) in [6.45, 7) is 4.25. The van der Waals surface area contributed by atoms with E-state index in [0.717, 1.165) is 10.9 Å². The van der Waals surface area contributed by atoms with Gasteiger partial charge in [0.05, 0.1) is 0 Å². The van der Waals surface area contributed by atoms with Crippen LogP contribution in [0.2, 0.25) is 0 Å². The first-order valence-corrected chi connectivity index (χ1v) is 6.04. The largest absolute Gasteiger partial charge is 0.480 e. The Bertz CT molecular complexity index is 393. The van der Waals surface area contributed by atoms with Crippen molar-refractivity contribution in [1.82, 2.24) is 0 Å². The normalized spacial score (nSPS) is 14.5. The number of aliphatic carboxylic acids is 1. The van der Waals surface area contributed by atoms with Crippen LogP contribution < -0.4 is 5.73 Å². The molecule has 0 spiro atoms. The lowest BCUT2D eigenvalue weighted by Crippen LogP contribution is -2.20. The van der Waals surface area contributed by atoms with Gasteiger partial charge in [0.15, 0.2) is 0 Å². The molecule has 3 nitrogen and oxygen atoms in total. The van der Waals surface area contributed by atoms with Crippen LogP contribution in [-0.2, 0) is 4.79 Å². The molecule has 0 aromatic heterocycles. The Morgan fingerprint density at radius 1 is 1.56 bits per heavy atom. The average molecular weight is 286 g/mol. The minimum absolute atomic E-state index is 0.449. The minimum Gasteiger partial charge on any atom is -0.480 e. The van der Waals surface area contributed by atoms with Gasteiger partial charge in [0.2, 0.25) is 0 Å². The van der Waals surface area contributed by atoms with Gasteiger partial charge in [0, 0.05) is 4.47 Å². The Morgan fingerprint density at radius 2 is 2.19 bits per heavy atom. The third-order valence-electron chi connectivity index (χ3n) is 2.79. The van der Waals surface area contributed by atoms with Crippen molar-refractivity contribution in [1.29, 1.82) is 0 Å². The molecule has 0 amide bonds. The molecule has 0 bridgehead atoms. The van der Waals surface area contributed by atoms with Crippen LogP contribution in [0, 0.1) is 0 Å². The first kappa shape index (κ1) is 13.2. The van der Waals surface area contributed by atoms with Crippen molar-refractivity contribution in [2.75, 3.05) is 0 Å². The quantitative estimate of drug-likeness (QED) is 0.894. The van der Waals surface area contributed by atoms with E-state index in [2.05, 4.69) is 29.8 Å². The summed E-state index contributed by atoms with van der Waals surface area (Å²) >= 11 is 3.46. The van der Waals surface area contributed by atoms with Gasteiger partial charge in [-0.25, -0.2) is 0 Å². The summed E-state index contributed by atoms with van der Waals surface area (Å²) in [5.74, 6) is -0.562. The van der Waals surface area contributed by atoms with Gasteiger partial charge in [-0.15, -0.1) is 0 Å². The Labute approximate surface area is 104 Å². The molecular formula is C12H16BrNO2. The number of rotatable bonds is 4. The maximum Gasteiger partial charge on any atom is 0.325 e. The van der Waals surface area contributed by atoms with Gasteiger partial charge in [-0.05, 0) is 29.5 Å². The van der Waals surface area contributed by atoms with Gasteiger partial charge < -0.3 is 10.8 Å². The molecule has 2 unspecified atom stereocenters. The van der Waals surface area contributed by atoms with Crippen LogP contribution >= 0.6 is 15.9 Å². The number of halogens is 1. The standard InChI is InChI=1S/C12H16BrNO2/c1-3-7(2)9-5-4-8(6-10(9)13)11(14)12(15)16/h4-7,11H,3,14H2,1-2H3,(H,15,16). The first-order chi connectivity index (χ1) is 7.47. The van der Waals surface area contributed by atoms with Crippen molar-refractivity contribution < 1.29 is 9.90 Å². The molecule has 1 aromatic carbocycles. The fourth-order valence-corrected chi connectivity index (χ4v) is 2.29. The van der Waals surface area contributed by atoms with Crippen LogP contribution in [0.1, 0.15) is 43.4 Å². The zero-order valence-corrected chi connectivity index (χ0v) is 11.0. The highest BCUT2D eigenvalue weighted by Gasteiger charge is 2.16. The number of benzene rings is 1. The number of carbonyl (C=O) groups is 1. The van der Waals surface area contributed by atoms with E-state index >= 15 is 0 Å². The van der Waals surface area contributed by atoms with Crippen LogP contribution in [0.25, 0.3) is 0 Å². The summed E-state index contributed by atoms with van der Waals surface area (Å²) in [7, 11) is 0. The van der Waals surface area contributed by atoms with Gasteiger partial charge in [0.25, 0.3) is 0 Å². The van der Waals surface area contributed by atoms with Gasteiger partial charge in [-0.3, -0.25) is 4.79 Å². The third kappa shape index (κ3) is 2.83. The molecule has 88 valence electrons. The number of carboxylic acid groups (broad SMARTS) is 1. The fraction of sp³-hybridized carbons (Fsp3) is 0.417. The fourth-order valence-electron chi connectivity index (χ4n) is 1.50. The zero-order chi connectivity index (χ0) is 12.3. The molecule has 1 rings (SSSR count). The van der Waals surface area contributed by atoms with E-state index in [1.54, 1.807) is 12.1 Å². The van der Waals surface area contributed by atoms with Crippen molar-refractivity contribution >= 4 is 21.9 Å². The zero-order valence-electron chi connectivity index (χ0n) is 9.40. The molecular weight excluding hydrogens is 270 g/mol. The Balaban J connectivity index is 3.04. The predicted octanol–water partition coefficient (Wildman–Crippen LogP) is 3.05. The Morgan fingerprint density at radius 3 is 2.62 bits per heavy atom. The van der Waals surface area contributed by atoms with Crippen LogP contribution in [0.5, 0.6) is 0 Å². The summed E-state index contributed by atoms with van der Waals surface area (Å²) in [5.41, 5.74) is 7.35. The summed E-state index contributed by atoms with van der Waals surface area (Å²) in [5, 5.41) is 8.81. The summed E-state index contributed by atoms with van der Waals surface area (Å²) in [4.78, 5) is 10.7. The molecule has 0 aliphatic heterocycles. The molecule has 0 fully saturated rings. The maximum atomic E-state index is 10.7. The van der Waals surface area contributed by atoms with Crippen molar-refractivity contribution in [2.45, 2.75) is 32.2 Å². The highest BCUT2D eigenvalue weighted by molar-refractivity contribution is 9.10. The topological polar surface area (TPSA) is 63.3 Å². The highest BCUT2D eigenvalue weighted by Crippen LogP contribution is 2.29. The maximum absolute atomic E-state index is 10.7. The SMILES string of the molecule is CCC(C)c1ccc(C(N)C(=O)O)cc1Br. The molecule has 16 heavy (non-hydrogen) atoms. The summed E-state index contributed by atoms with van der Waals surface area (Å²) < 4.78 is 0.927. The number of hydrogen-bond acceptors (Lipinski definition) is 2. The summed E-state index contributed by atoms with van der Waals surface area (Å²) in [6.07, 6.45) is 1.04. The van der Waals surface area contributed by atoms with E-state index < -0.39 is 12.0 Å². The van der Waals surface area contributed by atoms with Crippen LogP contribution in [0.15, 0.2) is 22.7 Å². The number of carboxylic acids is 1. The first-order valence-electron chi connectivity index (χ1n) is 5.25. The predicted molar refractivity (Wildman–Crippen MR) is 67.4 cm³/mol. The van der Waals surface area contributed by atoms with E-state index in [1.165, 1.54) is 5.56 Å². The molecule has 1 aromatic rings. The van der Waals surface area contributed by atoms with E-state index in [0.29, 0.717) is 11.5 Å². The van der Waals surface area contributed by atoms with Crippen LogP contribution in [0.4, 0.5) is 0 Å². The molecule has 0 heterocycles. The second-order valence-electron chi connectivity index (χ2n) is 3.91. The molecule has 0 radical (unpaired) electrons. The van der Waals surface area contributed by atoms with Gasteiger partial charge in [-0.1, -0.05) is 41.9 Å². The molecule has 0 aliphatic rings. The smallest absolute Gasteiger partial charge is 0.325 e. The van der Waals surface area contributed by atoms with Gasteiger partial charge >= 0.3 is 5.97 Å². The van der Waals surface area contributed by atoms with Crippen LogP contribution in [-0.4, -0.2) is 11.1 Å². The minimum atomic E-state index is -1.01. The van der Waals surface area contributed by atoms with E-state index in [4.69, 9.17) is 10.8 Å². The Hall–Kier alpha value is -0.870. The third-order valence-corrected chi connectivity index (χ3v) is 3.48. The van der Waals surface area contributed by atoms with E-state index in [-0.39, 0.29) is 0 Å². The molecule has 0 saturated heterocycles. The lowest BCUT2D eigenvalue weighted by atomic mass is 9.96. The lowest BCUT2D eigenvalue weighted by molar-refractivity contribution is -0.138. The molecule has 0 aliphatic carbocycles.